The molecule has 10 heteroatoms. The molecule has 0 spiro atoms. The Morgan fingerprint density at radius 3 is 2.21 bits per heavy atom. The minimum Gasteiger partial charge on any atom is -0.348 e. The smallest absolute Gasteiger partial charge is 0.251 e. The molecule has 222 valence electrons. The monoisotopic (exact) mass is 578 g/mol. The highest BCUT2D eigenvalue weighted by Gasteiger charge is 2.23. The van der Waals surface area contributed by atoms with Crippen LogP contribution < -0.4 is 21.3 Å². The number of benzene rings is 3. The van der Waals surface area contributed by atoms with Crippen molar-refractivity contribution in [3.63, 3.8) is 0 Å². The molecule has 2 heterocycles. The third-order valence-corrected chi connectivity index (χ3v) is 7.36. The van der Waals surface area contributed by atoms with Crippen LogP contribution in [0.3, 0.4) is 0 Å². The van der Waals surface area contributed by atoms with E-state index in [2.05, 4.69) is 59.4 Å². The molecule has 0 aliphatic carbocycles. The second-order valence-electron chi connectivity index (χ2n) is 10.5. The van der Waals surface area contributed by atoms with E-state index < -0.39 is 6.04 Å². The minimum atomic E-state index is -0.690. The van der Waals surface area contributed by atoms with Crippen molar-refractivity contribution in [3.05, 3.63) is 120 Å². The lowest BCUT2D eigenvalue weighted by Gasteiger charge is -2.23. The Labute approximate surface area is 251 Å². The summed E-state index contributed by atoms with van der Waals surface area (Å²) >= 11 is 0. The maximum absolute atomic E-state index is 13.6. The molecule has 0 aliphatic rings. The zero-order chi connectivity index (χ0) is 29.9. The topological polar surface area (TPSA) is 140 Å². The van der Waals surface area contributed by atoms with Gasteiger partial charge in [-0.05, 0) is 60.3 Å². The van der Waals surface area contributed by atoms with Crippen LogP contribution in [0, 0.1) is 0 Å². The van der Waals surface area contributed by atoms with Crippen molar-refractivity contribution < 1.29 is 9.59 Å². The summed E-state index contributed by atoms with van der Waals surface area (Å²) in [5.74, 6) is 1.23. The zero-order valence-corrected chi connectivity index (χ0v) is 24.3. The third kappa shape index (κ3) is 8.37. The standard InChI is InChI=1S/C33H38N8O2/c1-23(27-9-4-7-25-6-2-3-8-28(25)27)40-33(43)29(10-5-15-34-21-30-36-16-17-37-30)41-32(42)26-13-11-24(12-14-26)20-35-22-31-38-18-19-39-31/h2-4,6-9,11-14,16-19,23,29,34-35H,5,10,15,20-22H2,1H3,(H,36,37)(H,38,39)(H,40,43)(H,41,42)/t23-,29-/m0/s1. The number of aromatic amines is 2. The molecule has 43 heavy (non-hydrogen) atoms. The van der Waals surface area contributed by atoms with E-state index in [1.54, 1.807) is 36.9 Å². The van der Waals surface area contributed by atoms with E-state index in [1.165, 1.54) is 0 Å². The summed E-state index contributed by atoms with van der Waals surface area (Å²) in [7, 11) is 0. The molecule has 0 bridgehead atoms. The van der Waals surface area contributed by atoms with Crippen molar-refractivity contribution in [3.8, 4) is 0 Å². The van der Waals surface area contributed by atoms with Gasteiger partial charge >= 0.3 is 0 Å². The first-order valence-electron chi connectivity index (χ1n) is 14.6. The number of rotatable bonds is 15. The maximum atomic E-state index is 13.6. The molecule has 5 aromatic rings. The Bertz CT molecular complexity index is 1580. The molecular formula is C33H38N8O2. The second kappa shape index (κ2) is 14.9. The average molecular weight is 579 g/mol. The molecule has 0 fully saturated rings. The molecule has 6 N–H and O–H groups in total. The summed E-state index contributed by atoms with van der Waals surface area (Å²) in [5, 5.41) is 15.0. The van der Waals surface area contributed by atoms with Crippen LogP contribution in [-0.4, -0.2) is 44.3 Å². The highest BCUT2D eigenvalue weighted by Crippen LogP contribution is 2.24. The fraction of sp³-hybridized carbons (Fsp3) is 0.273. The van der Waals surface area contributed by atoms with Crippen LogP contribution >= 0.6 is 0 Å². The molecule has 5 rings (SSSR count). The number of nitrogens with one attached hydrogen (secondary N) is 6. The van der Waals surface area contributed by atoms with E-state index in [0.717, 1.165) is 33.5 Å². The van der Waals surface area contributed by atoms with Crippen LogP contribution in [0.4, 0.5) is 0 Å². The number of fused-ring (bicyclic) bond motifs is 1. The van der Waals surface area contributed by atoms with Gasteiger partial charge in [0.25, 0.3) is 5.91 Å². The molecule has 0 aliphatic heterocycles. The van der Waals surface area contributed by atoms with Crippen LogP contribution in [-0.2, 0) is 24.4 Å². The third-order valence-electron chi connectivity index (χ3n) is 7.36. The van der Waals surface area contributed by atoms with E-state index >= 15 is 0 Å². The fourth-order valence-corrected chi connectivity index (χ4v) is 5.06. The molecule has 10 nitrogen and oxygen atoms in total. The van der Waals surface area contributed by atoms with Crippen molar-refractivity contribution >= 4 is 22.6 Å². The van der Waals surface area contributed by atoms with Crippen LogP contribution in [0.1, 0.15) is 58.9 Å². The average Bonchev–Trinajstić information content (AvgIpc) is 3.75. The van der Waals surface area contributed by atoms with Crippen LogP contribution in [0.25, 0.3) is 10.8 Å². The summed E-state index contributed by atoms with van der Waals surface area (Å²) in [4.78, 5) is 41.4. The van der Waals surface area contributed by atoms with E-state index in [9.17, 15) is 9.59 Å². The number of H-pyrrole nitrogens is 2. The number of aromatic nitrogens is 4. The lowest BCUT2D eigenvalue weighted by molar-refractivity contribution is -0.123. The largest absolute Gasteiger partial charge is 0.348 e. The van der Waals surface area contributed by atoms with Crippen LogP contribution in [0.5, 0.6) is 0 Å². The first kappa shape index (κ1) is 29.7. The van der Waals surface area contributed by atoms with Gasteiger partial charge in [0, 0.05) is 36.9 Å². The minimum absolute atomic E-state index is 0.210. The van der Waals surface area contributed by atoms with Crippen molar-refractivity contribution in [1.82, 2.24) is 41.2 Å². The van der Waals surface area contributed by atoms with E-state index in [4.69, 9.17) is 0 Å². The summed E-state index contributed by atoms with van der Waals surface area (Å²) in [6.45, 7) is 4.53. The van der Waals surface area contributed by atoms with E-state index in [1.807, 2.05) is 43.3 Å². The first-order chi connectivity index (χ1) is 21.1. The number of carbonyl (C=O) groups excluding carboxylic acids is 2. The van der Waals surface area contributed by atoms with Crippen molar-refractivity contribution in [2.24, 2.45) is 0 Å². The zero-order valence-electron chi connectivity index (χ0n) is 24.3. The van der Waals surface area contributed by atoms with Gasteiger partial charge in [0.1, 0.15) is 17.7 Å². The number of carbonyl (C=O) groups is 2. The van der Waals surface area contributed by atoms with Gasteiger partial charge < -0.3 is 31.2 Å². The fourth-order valence-electron chi connectivity index (χ4n) is 5.06. The number of imidazole rings is 2. The molecule has 0 radical (unpaired) electrons. The number of nitrogens with zero attached hydrogens (tertiary/aromatic N) is 2. The van der Waals surface area contributed by atoms with Crippen LogP contribution in [0.15, 0.2) is 91.5 Å². The Hall–Kier alpha value is -4.80. The van der Waals surface area contributed by atoms with Gasteiger partial charge in [-0.2, -0.15) is 0 Å². The first-order valence-corrected chi connectivity index (χ1v) is 14.6. The molecule has 0 saturated heterocycles. The molecule has 0 saturated carbocycles. The molecular weight excluding hydrogens is 540 g/mol. The Kier molecular flexibility index (Phi) is 10.3. The van der Waals surface area contributed by atoms with Gasteiger partial charge in [-0.3, -0.25) is 9.59 Å². The van der Waals surface area contributed by atoms with E-state index in [0.29, 0.717) is 44.6 Å². The summed E-state index contributed by atoms with van der Waals surface area (Å²) in [5.41, 5.74) is 2.59. The van der Waals surface area contributed by atoms with Gasteiger partial charge in [0.2, 0.25) is 5.91 Å². The Morgan fingerprint density at radius 2 is 1.49 bits per heavy atom. The van der Waals surface area contributed by atoms with Gasteiger partial charge in [-0.1, -0.05) is 54.6 Å². The molecule has 2 aromatic heterocycles. The lowest BCUT2D eigenvalue weighted by Crippen LogP contribution is -2.47. The summed E-state index contributed by atoms with van der Waals surface area (Å²) < 4.78 is 0. The van der Waals surface area contributed by atoms with Gasteiger partial charge in [0.05, 0.1) is 19.1 Å². The van der Waals surface area contributed by atoms with Gasteiger partial charge in [-0.25, -0.2) is 9.97 Å². The normalized spacial score (nSPS) is 12.6. The second-order valence-corrected chi connectivity index (χ2v) is 10.5. The number of amides is 2. The lowest BCUT2D eigenvalue weighted by atomic mass is 9.99. The predicted octanol–water partition coefficient (Wildman–Crippen LogP) is 4.12. The molecule has 2 atom stereocenters. The SMILES string of the molecule is C[C@H](NC(=O)[C@H](CCCNCc1ncc[nH]1)NC(=O)c1ccc(CNCc2ncc[nH]2)cc1)c1cccc2ccccc12. The molecule has 2 amide bonds. The van der Waals surface area contributed by atoms with E-state index in [-0.39, 0.29) is 17.9 Å². The Morgan fingerprint density at radius 1 is 0.791 bits per heavy atom. The van der Waals surface area contributed by atoms with Crippen LogP contribution in [0.2, 0.25) is 0 Å². The van der Waals surface area contributed by atoms with Gasteiger partial charge in [0.15, 0.2) is 0 Å². The number of hydrogen-bond donors (Lipinski definition) is 6. The quantitative estimate of drug-likeness (QED) is 0.103. The van der Waals surface area contributed by atoms with Gasteiger partial charge in [-0.15, -0.1) is 0 Å². The molecule has 3 aromatic carbocycles. The highest BCUT2D eigenvalue weighted by atomic mass is 16.2. The highest BCUT2D eigenvalue weighted by molar-refractivity contribution is 5.97. The summed E-state index contributed by atoms with van der Waals surface area (Å²) in [6, 6.07) is 20.7. The summed E-state index contributed by atoms with van der Waals surface area (Å²) in [6.07, 6.45) is 8.20. The maximum Gasteiger partial charge on any atom is 0.251 e. The predicted molar refractivity (Wildman–Crippen MR) is 167 cm³/mol. The number of hydrogen-bond acceptors (Lipinski definition) is 6. The van der Waals surface area contributed by atoms with Crippen molar-refractivity contribution in [1.29, 1.82) is 0 Å². The Balaban J connectivity index is 1.20. The molecule has 0 unspecified atom stereocenters. The van der Waals surface area contributed by atoms with Crippen molar-refractivity contribution in [2.75, 3.05) is 6.54 Å². The van der Waals surface area contributed by atoms with Crippen molar-refractivity contribution in [2.45, 2.75) is 51.5 Å².